The lowest BCUT2D eigenvalue weighted by Crippen LogP contribution is -2.33. The van der Waals surface area contributed by atoms with Gasteiger partial charge < -0.3 is 34.3 Å². The van der Waals surface area contributed by atoms with Gasteiger partial charge in [0.05, 0.1) is 52.9 Å². The van der Waals surface area contributed by atoms with Crippen molar-refractivity contribution in [2.24, 2.45) is 11.0 Å². The molecule has 0 aliphatic carbocycles. The number of carbonyl (C=O) groups is 2. The van der Waals surface area contributed by atoms with Gasteiger partial charge in [-0.05, 0) is 39.1 Å². The van der Waals surface area contributed by atoms with E-state index in [1.54, 1.807) is 0 Å². The van der Waals surface area contributed by atoms with Crippen LogP contribution in [0.2, 0.25) is 0 Å². The van der Waals surface area contributed by atoms with Gasteiger partial charge in [0.1, 0.15) is 5.60 Å². The molecule has 0 saturated carbocycles. The smallest absolute Gasteiger partial charge is 0.407 e. The Kier molecular flexibility index (Phi) is 20.1. The maximum Gasteiger partial charge on any atom is 0.407 e. The van der Waals surface area contributed by atoms with Crippen LogP contribution < -0.4 is 10.6 Å². The Balaban J connectivity index is 3.42. The maximum atomic E-state index is 12.1. The molecule has 34 heavy (non-hydrogen) atoms. The molecule has 0 aromatic carbocycles. The van der Waals surface area contributed by atoms with Gasteiger partial charge in [0.2, 0.25) is 5.91 Å². The number of carbonyl (C=O) groups excluding carboxylic acids is 2. The number of unbranched alkanes of at least 4 members (excludes halogenated alkanes) is 1. The van der Waals surface area contributed by atoms with E-state index in [1.807, 2.05) is 27.7 Å². The van der Waals surface area contributed by atoms with Crippen LogP contribution in [-0.4, -0.2) is 90.1 Å². The highest BCUT2D eigenvalue weighted by molar-refractivity contribution is 5.78. The lowest BCUT2D eigenvalue weighted by Gasteiger charge is -2.19. The zero-order valence-electron chi connectivity index (χ0n) is 21.2. The summed E-state index contributed by atoms with van der Waals surface area (Å²) >= 11 is 0. The highest BCUT2D eigenvalue weighted by Crippen LogP contribution is 2.08. The third kappa shape index (κ3) is 23.1. The topological polar surface area (TPSA) is 153 Å². The molecule has 0 heterocycles. The number of nitrogens with zero attached hydrogens (tertiary/aromatic N) is 3. The predicted octanol–water partition coefficient (Wildman–Crippen LogP) is 2.81. The second kappa shape index (κ2) is 21.4. The standard InChI is InChI=1S/C22H43N5O7/c1-19(7-5-6-8-25-21(29)34-22(2,3)4)20(28)24-9-11-30-13-15-32-17-18-33-16-14-31-12-10-26-27-23/h19H,5-18H2,1-4H3,(H,24,28)(H,25,29)/t19-/m1/s1. The summed E-state index contributed by atoms with van der Waals surface area (Å²) in [6.45, 7) is 12.2. The first kappa shape index (κ1) is 31.9. The maximum absolute atomic E-state index is 12.1. The fraction of sp³-hybridized carbons (Fsp3) is 0.909. The lowest BCUT2D eigenvalue weighted by atomic mass is 10.0. The van der Waals surface area contributed by atoms with E-state index in [0.29, 0.717) is 72.5 Å². The van der Waals surface area contributed by atoms with E-state index in [9.17, 15) is 9.59 Å². The number of nitrogens with one attached hydrogen (secondary N) is 2. The minimum absolute atomic E-state index is 0.00105. The van der Waals surface area contributed by atoms with E-state index in [-0.39, 0.29) is 11.8 Å². The normalized spacial score (nSPS) is 12.0. The molecule has 0 rings (SSSR count). The van der Waals surface area contributed by atoms with Crippen molar-refractivity contribution in [3.63, 3.8) is 0 Å². The predicted molar refractivity (Wildman–Crippen MR) is 128 cm³/mol. The quantitative estimate of drug-likeness (QED) is 0.109. The molecule has 2 amide bonds. The third-order valence-corrected chi connectivity index (χ3v) is 4.24. The van der Waals surface area contributed by atoms with Gasteiger partial charge in [-0.1, -0.05) is 18.5 Å². The van der Waals surface area contributed by atoms with Gasteiger partial charge in [-0.25, -0.2) is 4.79 Å². The molecule has 0 aromatic heterocycles. The zero-order valence-corrected chi connectivity index (χ0v) is 21.2. The zero-order chi connectivity index (χ0) is 25.5. The Bertz CT molecular complexity index is 580. The molecule has 1 atom stereocenters. The fourth-order valence-corrected chi connectivity index (χ4v) is 2.54. The summed E-state index contributed by atoms with van der Waals surface area (Å²) in [6.07, 6.45) is 1.96. The lowest BCUT2D eigenvalue weighted by molar-refractivity contribution is -0.125. The van der Waals surface area contributed by atoms with Crippen molar-refractivity contribution < 1.29 is 33.3 Å². The average molecular weight is 490 g/mol. The summed E-state index contributed by atoms with van der Waals surface area (Å²) in [6, 6.07) is 0. The monoisotopic (exact) mass is 489 g/mol. The first-order valence-electron chi connectivity index (χ1n) is 11.8. The number of amides is 2. The molecular formula is C22H43N5O7. The van der Waals surface area contributed by atoms with E-state index >= 15 is 0 Å². The molecule has 0 fully saturated rings. The minimum Gasteiger partial charge on any atom is -0.444 e. The highest BCUT2D eigenvalue weighted by atomic mass is 16.6. The summed E-state index contributed by atoms with van der Waals surface area (Å²) in [7, 11) is 0. The van der Waals surface area contributed by atoms with Crippen molar-refractivity contribution in [2.75, 3.05) is 72.5 Å². The van der Waals surface area contributed by atoms with E-state index in [1.165, 1.54) is 0 Å². The number of hydrogen-bond acceptors (Lipinski definition) is 8. The summed E-state index contributed by atoms with van der Waals surface area (Å²) in [5.41, 5.74) is 7.61. The second-order valence-electron chi connectivity index (χ2n) is 8.52. The molecule has 0 aliphatic rings. The van der Waals surface area contributed by atoms with Crippen LogP contribution in [-0.2, 0) is 28.5 Å². The third-order valence-electron chi connectivity index (χ3n) is 4.24. The van der Waals surface area contributed by atoms with Crippen LogP contribution in [0.25, 0.3) is 10.4 Å². The van der Waals surface area contributed by atoms with E-state index < -0.39 is 11.7 Å². The van der Waals surface area contributed by atoms with Crippen molar-refractivity contribution in [1.29, 1.82) is 0 Å². The van der Waals surface area contributed by atoms with Crippen molar-refractivity contribution in [3.8, 4) is 0 Å². The van der Waals surface area contributed by atoms with Gasteiger partial charge in [0.15, 0.2) is 0 Å². The molecule has 0 bridgehead atoms. The van der Waals surface area contributed by atoms with Crippen molar-refractivity contribution in [3.05, 3.63) is 10.4 Å². The molecule has 0 unspecified atom stereocenters. The molecule has 0 saturated heterocycles. The van der Waals surface area contributed by atoms with Crippen LogP contribution in [0.15, 0.2) is 5.11 Å². The SMILES string of the molecule is C[C@H](CCCCNC(=O)OC(C)(C)C)C(=O)NCCOCCOCCOCCOCCN=[N+]=[N-]. The van der Waals surface area contributed by atoms with E-state index in [2.05, 4.69) is 20.7 Å². The Morgan fingerprint density at radius 3 is 1.97 bits per heavy atom. The summed E-state index contributed by atoms with van der Waals surface area (Å²) in [5, 5.41) is 8.94. The molecule has 0 aromatic rings. The van der Waals surface area contributed by atoms with Gasteiger partial charge in [-0.3, -0.25) is 4.79 Å². The van der Waals surface area contributed by atoms with Crippen LogP contribution in [0.5, 0.6) is 0 Å². The minimum atomic E-state index is -0.504. The van der Waals surface area contributed by atoms with Gasteiger partial charge in [-0.15, -0.1) is 0 Å². The van der Waals surface area contributed by atoms with Crippen LogP contribution in [0.4, 0.5) is 4.79 Å². The molecule has 12 nitrogen and oxygen atoms in total. The second-order valence-corrected chi connectivity index (χ2v) is 8.52. The van der Waals surface area contributed by atoms with E-state index in [4.69, 9.17) is 29.2 Å². The summed E-state index contributed by atoms with van der Waals surface area (Å²) in [4.78, 5) is 26.3. The number of ether oxygens (including phenoxy) is 5. The first-order valence-corrected chi connectivity index (χ1v) is 11.8. The summed E-state index contributed by atoms with van der Waals surface area (Å²) in [5.74, 6) is -0.0971. The number of hydrogen-bond donors (Lipinski definition) is 2. The highest BCUT2D eigenvalue weighted by Gasteiger charge is 2.16. The molecule has 0 radical (unpaired) electrons. The average Bonchev–Trinajstić information content (AvgIpc) is 2.77. The Hall–Kier alpha value is -2.11. The van der Waals surface area contributed by atoms with Crippen LogP contribution in [0.3, 0.4) is 0 Å². The van der Waals surface area contributed by atoms with Gasteiger partial charge in [0.25, 0.3) is 0 Å². The van der Waals surface area contributed by atoms with Crippen molar-refractivity contribution >= 4 is 12.0 Å². The van der Waals surface area contributed by atoms with Crippen molar-refractivity contribution in [1.82, 2.24) is 10.6 Å². The van der Waals surface area contributed by atoms with Crippen molar-refractivity contribution in [2.45, 2.75) is 52.6 Å². The summed E-state index contributed by atoms with van der Waals surface area (Å²) < 4.78 is 26.5. The number of alkyl carbamates (subject to hydrolysis) is 1. The largest absolute Gasteiger partial charge is 0.444 e. The number of rotatable bonds is 21. The van der Waals surface area contributed by atoms with E-state index in [0.717, 1.165) is 19.3 Å². The fourth-order valence-electron chi connectivity index (χ4n) is 2.54. The van der Waals surface area contributed by atoms with Gasteiger partial charge in [0, 0.05) is 30.5 Å². The van der Waals surface area contributed by atoms with Crippen LogP contribution in [0, 0.1) is 5.92 Å². The Morgan fingerprint density at radius 2 is 1.41 bits per heavy atom. The molecule has 198 valence electrons. The Morgan fingerprint density at radius 1 is 0.853 bits per heavy atom. The number of azide groups is 1. The van der Waals surface area contributed by atoms with Crippen LogP contribution in [0.1, 0.15) is 47.0 Å². The van der Waals surface area contributed by atoms with Gasteiger partial charge >= 0.3 is 6.09 Å². The van der Waals surface area contributed by atoms with Crippen LogP contribution >= 0.6 is 0 Å². The molecule has 12 heteroatoms. The molecule has 0 aliphatic heterocycles. The molecular weight excluding hydrogens is 446 g/mol. The Labute approximate surface area is 203 Å². The molecule has 0 spiro atoms. The van der Waals surface area contributed by atoms with Gasteiger partial charge in [-0.2, -0.15) is 0 Å². The molecule has 2 N–H and O–H groups in total. The first-order chi connectivity index (χ1) is 16.3.